The number of hydrogen-bond donors (Lipinski definition) is 2. The molecule has 3 unspecified atom stereocenters. The molecule has 1 saturated heterocycles. The summed E-state index contributed by atoms with van der Waals surface area (Å²) in [5.41, 5.74) is 0. The van der Waals surface area contributed by atoms with E-state index in [0.717, 1.165) is 26.0 Å². The van der Waals surface area contributed by atoms with Gasteiger partial charge in [0, 0.05) is 31.8 Å². The quantitative estimate of drug-likeness (QED) is 0.659. The Balaban J connectivity index is 2.35. The molecule has 0 aromatic carbocycles. The van der Waals surface area contributed by atoms with E-state index in [2.05, 4.69) is 24.2 Å². The summed E-state index contributed by atoms with van der Waals surface area (Å²) in [7, 11) is 4.08. The van der Waals surface area contributed by atoms with Crippen molar-refractivity contribution in [2.75, 3.05) is 33.9 Å². The Bertz CT molecular complexity index is 178. The highest BCUT2D eigenvalue weighted by Gasteiger charge is 2.28. The van der Waals surface area contributed by atoms with Crippen LogP contribution in [0.15, 0.2) is 0 Å². The van der Waals surface area contributed by atoms with E-state index in [-0.39, 0.29) is 6.61 Å². The molecule has 15 heavy (non-hydrogen) atoms. The fraction of sp³-hybridized carbons (Fsp3) is 1.00. The molecular weight excluding hydrogens is 192 g/mol. The van der Waals surface area contributed by atoms with Crippen LogP contribution < -0.4 is 5.32 Å². The summed E-state index contributed by atoms with van der Waals surface area (Å²) in [5, 5.41) is 12.1. The molecule has 4 heteroatoms. The van der Waals surface area contributed by atoms with E-state index in [0.29, 0.717) is 18.2 Å². The highest BCUT2D eigenvalue weighted by atomic mass is 16.5. The first-order valence-electron chi connectivity index (χ1n) is 5.79. The van der Waals surface area contributed by atoms with Gasteiger partial charge in [-0.2, -0.15) is 0 Å². The monoisotopic (exact) mass is 216 g/mol. The number of rotatable bonds is 6. The Kier molecular flexibility index (Phi) is 5.53. The van der Waals surface area contributed by atoms with Gasteiger partial charge >= 0.3 is 0 Å². The van der Waals surface area contributed by atoms with Gasteiger partial charge < -0.3 is 15.2 Å². The van der Waals surface area contributed by atoms with Gasteiger partial charge in [0.25, 0.3) is 0 Å². The van der Waals surface area contributed by atoms with Crippen molar-refractivity contribution in [2.24, 2.45) is 0 Å². The lowest BCUT2D eigenvalue weighted by Gasteiger charge is -2.30. The van der Waals surface area contributed by atoms with Crippen molar-refractivity contribution >= 4 is 0 Å². The zero-order valence-corrected chi connectivity index (χ0v) is 10.1. The molecule has 1 rings (SSSR count). The van der Waals surface area contributed by atoms with Crippen molar-refractivity contribution in [2.45, 2.75) is 38.0 Å². The Labute approximate surface area is 92.6 Å². The zero-order chi connectivity index (χ0) is 11.3. The molecule has 0 radical (unpaired) electrons. The summed E-state index contributed by atoms with van der Waals surface area (Å²) >= 11 is 0. The second-order valence-electron chi connectivity index (χ2n) is 4.37. The molecule has 1 fully saturated rings. The van der Waals surface area contributed by atoms with Crippen LogP contribution in [-0.2, 0) is 4.74 Å². The van der Waals surface area contributed by atoms with Gasteiger partial charge in [-0.1, -0.05) is 0 Å². The van der Waals surface area contributed by atoms with E-state index in [1.165, 1.54) is 0 Å². The highest BCUT2D eigenvalue weighted by Crippen LogP contribution is 2.18. The number of nitrogens with one attached hydrogen (secondary N) is 1. The van der Waals surface area contributed by atoms with Crippen LogP contribution in [0.3, 0.4) is 0 Å². The third kappa shape index (κ3) is 3.72. The number of ether oxygens (including phenoxy) is 1. The first kappa shape index (κ1) is 12.9. The first-order chi connectivity index (χ1) is 7.19. The summed E-state index contributed by atoms with van der Waals surface area (Å²) in [6.07, 6.45) is 2.26. The highest BCUT2D eigenvalue weighted by molar-refractivity contribution is 4.82. The average Bonchev–Trinajstić information content (AvgIpc) is 2.63. The van der Waals surface area contributed by atoms with Crippen LogP contribution >= 0.6 is 0 Å². The van der Waals surface area contributed by atoms with Gasteiger partial charge in [-0.3, -0.25) is 4.90 Å². The summed E-state index contributed by atoms with van der Waals surface area (Å²) in [6, 6.07) is 0.896. The molecule has 0 aromatic heterocycles. The van der Waals surface area contributed by atoms with E-state index in [4.69, 9.17) is 9.84 Å². The minimum Gasteiger partial charge on any atom is -0.396 e. The molecule has 2 N–H and O–H groups in total. The molecule has 0 aliphatic carbocycles. The van der Waals surface area contributed by atoms with E-state index < -0.39 is 0 Å². The third-order valence-electron chi connectivity index (χ3n) is 3.30. The fourth-order valence-corrected chi connectivity index (χ4v) is 2.26. The maximum absolute atomic E-state index is 8.91. The fourth-order valence-electron chi connectivity index (χ4n) is 2.26. The average molecular weight is 216 g/mol. The standard InChI is InChI=1S/C11H24N2O2/c1-9-11(5-7-15-9)13(3)8-10(12-2)4-6-14/h9-12,14H,4-8H2,1-3H3. The van der Waals surface area contributed by atoms with E-state index in [1.807, 2.05) is 7.05 Å². The minimum atomic E-state index is 0.246. The van der Waals surface area contributed by atoms with Crippen molar-refractivity contribution in [3.63, 3.8) is 0 Å². The second-order valence-corrected chi connectivity index (χ2v) is 4.37. The smallest absolute Gasteiger partial charge is 0.0702 e. The number of aliphatic hydroxyl groups is 1. The maximum Gasteiger partial charge on any atom is 0.0702 e. The van der Waals surface area contributed by atoms with Crippen LogP contribution in [0.5, 0.6) is 0 Å². The molecule has 1 heterocycles. The predicted molar refractivity (Wildman–Crippen MR) is 61.0 cm³/mol. The van der Waals surface area contributed by atoms with Crippen LogP contribution in [-0.4, -0.2) is 62.0 Å². The number of hydrogen-bond acceptors (Lipinski definition) is 4. The van der Waals surface area contributed by atoms with Crippen LogP contribution in [0.1, 0.15) is 19.8 Å². The van der Waals surface area contributed by atoms with Crippen molar-refractivity contribution in [3.05, 3.63) is 0 Å². The Morgan fingerprint density at radius 3 is 2.80 bits per heavy atom. The molecule has 0 spiro atoms. The van der Waals surface area contributed by atoms with Crippen molar-refractivity contribution in [3.8, 4) is 0 Å². The number of aliphatic hydroxyl groups excluding tert-OH is 1. The van der Waals surface area contributed by atoms with Gasteiger partial charge in [-0.15, -0.1) is 0 Å². The first-order valence-corrected chi connectivity index (χ1v) is 5.79. The molecule has 1 aliphatic rings. The van der Waals surface area contributed by atoms with Crippen LogP contribution in [0, 0.1) is 0 Å². The Hall–Kier alpha value is -0.160. The molecular formula is C11H24N2O2. The van der Waals surface area contributed by atoms with Crippen molar-refractivity contribution in [1.29, 1.82) is 0 Å². The molecule has 4 nitrogen and oxygen atoms in total. The van der Waals surface area contributed by atoms with Gasteiger partial charge in [0.2, 0.25) is 0 Å². The molecule has 1 aliphatic heterocycles. The SMILES string of the molecule is CNC(CCO)CN(C)C1CCOC1C. The van der Waals surface area contributed by atoms with Crippen molar-refractivity contribution in [1.82, 2.24) is 10.2 Å². The molecule has 0 bridgehead atoms. The number of likely N-dealkylation sites (N-methyl/N-ethyl adjacent to an activating group) is 2. The third-order valence-corrected chi connectivity index (χ3v) is 3.30. The second kappa shape index (κ2) is 6.43. The van der Waals surface area contributed by atoms with Gasteiger partial charge in [0.1, 0.15) is 0 Å². The molecule has 3 atom stereocenters. The normalized spacial score (nSPS) is 28.6. The zero-order valence-electron chi connectivity index (χ0n) is 10.1. The van der Waals surface area contributed by atoms with Crippen molar-refractivity contribution < 1.29 is 9.84 Å². The molecule has 0 amide bonds. The summed E-state index contributed by atoms with van der Waals surface area (Å²) in [6.45, 7) is 4.22. The number of nitrogens with zero attached hydrogens (tertiary/aromatic N) is 1. The van der Waals surface area contributed by atoms with Gasteiger partial charge in [-0.05, 0) is 33.9 Å². The van der Waals surface area contributed by atoms with Crippen LogP contribution in [0.4, 0.5) is 0 Å². The lowest BCUT2D eigenvalue weighted by atomic mass is 10.1. The van der Waals surface area contributed by atoms with E-state index in [1.54, 1.807) is 0 Å². The van der Waals surface area contributed by atoms with E-state index >= 15 is 0 Å². The van der Waals surface area contributed by atoms with Crippen LogP contribution in [0.25, 0.3) is 0 Å². The van der Waals surface area contributed by atoms with Crippen LogP contribution in [0.2, 0.25) is 0 Å². The molecule has 90 valence electrons. The van der Waals surface area contributed by atoms with E-state index in [9.17, 15) is 0 Å². The minimum absolute atomic E-state index is 0.246. The Morgan fingerprint density at radius 1 is 1.60 bits per heavy atom. The maximum atomic E-state index is 8.91. The summed E-state index contributed by atoms with van der Waals surface area (Å²) in [5.74, 6) is 0. The largest absolute Gasteiger partial charge is 0.396 e. The summed E-state index contributed by atoms with van der Waals surface area (Å²) in [4.78, 5) is 2.34. The van der Waals surface area contributed by atoms with Gasteiger partial charge in [-0.25, -0.2) is 0 Å². The lowest BCUT2D eigenvalue weighted by molar-refractivity contribution is 0.0793. The Morgan fingerprint density at radius 2 is 2.33 bits per heavy atom. The molecule has 0 aromatic rings. The van der Waals surface area contributed by atoms with Gasteiger partial charge in [0.05, 0.1) is 6.10 Å². The predicted octanol–water partition coefficient (Wildman–Crippen LogP) is 0.0660. The summed E-state index contributed by atoms with van der Waals surface area (Å²) < 4.78 is 5.55. The lowest BCUT2D eigenvalue weighted by Crippen LogP contribution is -2.45. The molecule has 0 saturated carbocycles. The topological polar surface area (TPSA) is 44.7 Å². The van der Waals surface area contributed by atoms with Gasteiger partial charge in [0.15, 0.2) is 0 Å².